The van der Waals surface area contributed by atoms with Crippen molar-refractivity contribution in [2.45, 2.75) is 0 Å². The Bertz CT molecular complexity index is 724. The minimum atomic E-state index is -0.477. The normalized spacial score (nSPS) is 14.8. The van der Waals surface area contributed by atoms with Crippen molar-refractivity contribution in [3.05, 3.63) is 57.5 Å². The second-order valence-corrected chi connectivity index (χ2v) is 5.56. The third-order valence-electron chi connectivity index (χ3n) is 3.78. The monoisotopic (exact) mass is 335 g/mol. The smallest absolute Gasteiger partial charge is 0.289 e. The summed E-state index contributed by atoms with van der Waals surface area (Å²) in [6, 6.07) is 7.74. The van der Waals surface area contributed by atoms with Gasteiger partial charge in [-0.3, -0.25) is 14.9 Å². The Morgan fingerprint density at radius 1 is 1.22 bits per heavy atom. The molecule has 3 rings (SSSR count). The number of hydrogen-bond acceptors (Lipinski definition) is 5. The zero-order valence-electron chi connectivity index (χ0n) is 12.1. The number of halogens is 1. The molecule has 1 fully saturated rings. The van der Waals surface area contributed by atoms with Crippen LogP contribution in [0.1, 0.15) is 10.6 Å². The molecule has 8 heteroatoms. The van der Waals surface area contributed by atoms with Gasteiger partial charge in [-0.25, -0.2) is 0 Å². The van der Waals surface area contributed by atoms with E-state index in [9.17, 15) is 14.9 Å². The average molecular weight is 336 g/mol. The zero-order valence-corrected chi connectivity index (χ0v) is 12.9. The molecule has 1 aliphatic rings. The van der Waals surface area contributed by atoms with Crippen LogP contribution in [0.3, 0.4) is 0 Å². The number of amides is 1. The van der Waals surface area contributed by atoms with E-state index in [0.29, 0.717) is 37.0 Å². The Balaban J connectivity index is 1.67. The number of rotatable bonds is 3. The molecule has 0 saturated carbocycles. The van der Waals surface area contributed by atoms with Crippen LogP contribution in [-0.4, -0.2) is 41.9 Å². The van der Waals surface area contributed by atoms with Crippen molar-refractivity contribution < 1.29 is 14.1 Å². The molecule has 0 aliphatic carbocycles. The van der Waals surface area contributed by atoms with E-state index in [1.807, 2.05) is 4.90 Å². The number of benzene rings is 1. The maximum Gasteiger partial charge on any atom is 0.289 e. The molecular weight excluding hydrogens is 322 g/mol. The lowest BCUT2D eigenvalue weighted by Crippen LogP contribution is -2.48. The van der Waals surface area contributed by atoms with Gasteiger partial charge in [-0.15, -0.1) is 0 Å². The van der Waals surface area contributed by atoms with Crippen LogP contribution in [0.4, 0.5) is 11.4 Å². The van der Waals surface area contributed by atoms with Crippen molar-refractivity contribution in [2.75, 3.05) is 31.1 Å². The molecule has 0 N–H and O–H groups in total. The summed E-state index contributed by atoms with van der Waals surface area (Å²) >= 11 is 6.15. The summed E-state index contributed by atoms with van der Waals surface area (Å²) in [4.78, 5) is 26.2. The number of nitrogens with zero attached hydrogens (tertiary/aromatic N) is 3. The van der Waals surface area contributed by atoms with Gasteiger partial charge in [0, 0.05) is 38.3 Å². The summed E-state index contributed by atoms with van der Waals surface area (Å²) in [5.41, 5.74) is 0.702. The summed E-state index contributed by atoms with van der Waals surface area (Å²) < 4.78 is 5.12. The van der Waals surface area contributed by atoms with Gasteiger partial charge in [0.05, 0.1) is 21.9 Å². The lowest BCUT2D eigenvalue weighted by molar-refractivity contribution is -0.384. The van der Waals surface area contributed by atoms with Crippen molar-refractivity contribution in [2.24, 2.45) is 0 Å². The highest BCUT2D eigenvalue weighted by atomic mass is 35.5. The molecule has 2 heterocycles. The fourth-order valence-electron chi connectivity index (χ4n) is 2.57. The number of nitro benzene ring substituents is 1. The molecule has 0 radical (unpaired) electrons. The maximum atomic E-state index is 12.2. The first-order valence-corrected chi connectivity index (χ1v) is 7.46. The van der Waals surface area contributed by atoms with Gasteiger partial charge in [0.2, 0.25) is 0 Å². The molecule has 120 valence electrons. The Morgan fingerprint density at radius 3 is 2.52 bits per heavy atom. The highest BCUT2D eigenvalue weighted by Gasteiger charge is 2.25. The highest BCUT2D eigenvalue weighted by Crippen LogP contribution is 2.30. The molecule has 1 amide bonds. The van der Waals surface area contributed by atoms with Crippen LogP contribution < -0.4 is 4.90 Å². The van der Waals surface area contributed by atoms with E-state index in [1.54, 1.807) is 23.1 Å². The predicted octanol–water partition coefficient (Wildman–Crippen LogP) is 2.80. The van der Waals surface area contributed by atoms with Crippen molar-refractivity contribution in [3.63, 3.8) is 0 Å². The third-order valence-corrected chi connectivity index (χ3v) is 4.08. The SMILES string of the molecule is O=C(c1ccco1)N1CCN(c2ccc([N+](=O)[O-])cc2Cl)CC1. The summed E-state index contributed by atoms with van der Waals surface area (Å²) in [6.45, 7) is 2.27. The van der Waals surface area contributed by atoms with Crippen molar-refractivity contribution in [3.8, 4) is 0 Å². The van der Waals surface area contributed by atoms with Gasteiger partial charge in [0.1, 0.15) is 0 Å². The van der Waals surface area contributed by atoms with Crippen LogP contribution in [0.15, 0.2) is 41.0 Å². The molecule has 1 aromatic heterocycles. The number of furan rings is 1. The van der Waals surface area contributed by atoms with Crippen molar-refractivity contribution >= 4 is 28.9 Å². The summed E-state index contributed by atoms with van der Waals surface area (Å²) in [7, 11) is 0. The number of nitro groups is 1. The molecule has 1 aromatic carbocycles. The van der Waals surface area contributed by atoms with Crippen LogP contribution in [0.5, 0.6) is 0 Å². The average Bonchev–Trinajstić information content (AvgIpc) is 3.08. The van der Waals surface area contributed by atoms with E-state index in [-0.39, 0.29) is 11.6 Å². The van der Waals surface area contributed by atoms with Gasteiger partial charge >= 0.3 is 0 Å². The van der Waals surface area contributed by atoms with Crippen LogP contribution in [0.2, 0.25) is 5.02 Å². The van der Waals surface area contributed by atoms with E-state index >= 15 is 0 Å². The van der Waals surface area contributed by atoms with Crippen molar-refractivity contribution in [1.29, 1.82) is 0 Å². The standard InChI is InChI=1S/C15H14ClN3O4/c16-12-10-11(19(21)22)3-4-13(12)17-5-7-18(8-6-17)15(20)14-2-1-9-23-14/h1-4,9-10H,5-8H2. The Morgan fingerprint density at radius 2 is 1.96 bits per heavy atom. The molecule has 1 saturated heterocycles. The van der Waals surface area contributed by atoms with Gasteiger partial charge in [0.25, 0.3) is 11.6 Å². The fourth-order valence-corrected chi connectivity index (χ4v) is 2.87. The van der Waals surface area contributed by atoms with Gasteiger partial charge < -0.3 is 14.2 Å². The van der Waals surface area contributed by atoms with Crippen LogP contribution in [0, 0.1) is 10.1 Å². The van der Waals surface area contributed by atoms with Gasteiger partial charge in [-0.1, -0.05) is 11.6 Å². The number of piperazine rings is 1. The maximum absolute atomic E-state index is 12.2. The Kier molecular flexibility index (Phi) is 4.20. The van der Waals surface area contributed by atoms with E-state index in [2.05, 4.69) is 0 Å². The molecule has 0 spiro atoms. The number of carbonyl (C=O) groups is 1. The minimum Gasteiger partial charge on any atom is -0.459 e. The second kappa shape index (κ2) is 6.29. The van der Waals surface area contributed by atoms with E-state index < -0.39 is 4.92 Å². The molecule has 0 unspecified atom stereocenters. The van der Waals surface area contributed by atoms with Gasteiger partial charge in [-0.05, 0) is 18.2 Å². The Hall–Kier alpha value is -2.54. The molecule has 7 nitrogen and oxygen atoms in total. The summed E-state index contributed by atoms with van der Waals surface area (Å²) in [5, 5.41) is 11.1. The predicted molar refractivity (Wildman–Crippen MR) is 84.9 cm³/mol. The fraction of sp³-hybridized carbons (Fsp3) is 0.267. The second-order valence-electron chi connectivity index (χ2n) is 5.15. The summed E-state index contributed by atoms with van der Waals surface area (Å²) in [5.74, 6) is 0.191. The number of non-ortho nitro benzene ring substituents is 1. The summed E-state index contributed by atoms with van der Waals surface area (Å²) in [6.07, 6.45) is 1.47. The van der Waals surface area contributed by atoms with E-state index in [4.69, 9.17) is 16.0 Å². The van der Waals surface area contributed by atoms with Crippen LogP contribution in [0.25, 0.3) is 0 Å². The molecule has 0 atom stereocenters. The molecule has 2 aromatic rings. The molecule has 23 heavy (non-hydrogen) atoms. The number of anilines is 1. The first kappa shape index (κ1) is 15.4. The molecule has 0 bridgehead atoms. The Labute approximate surface area is 137 Å². The van der Waals surface area contributed by atoms with E-state index in [1.165, 1.54) is 18.4 Å². The first-order chi connectivity index (χ1) is 11.1. The molecule has 1 aliphatic heterocycles. The molecular formula is C15H14ClN3O4. The van der Waals surface area contributed by atoms with Crippen LogP contribution in [-0.2, 0) is 0 Å². The van der Waals surface area contributed by atoms with Crippen molar-refractivity contribution in [1.82, 2.24) is 4.90 Å². The third kappa shape index (κ3) is 3.14. The minimum absolute atomic E-state index is 0.0367. The topological polar surface area (TPSA) is 79.8 Å². The zero-order chi connectivity index (χ0) is 16.4. The lowest BCUT2D eigenvalue weighted by Gasteiger charge is -2.36. The van der Waals surface area contributed by atoms with Gasteiger partial charge in [-0.2, -0.15) is 0 Å². The van der Waals surface area contributed by atoms with Crippen LogP contribution >= 0.6 is 11.6 Å². The lowest BCUT2D eigenvalue weighted by atomic mass is 10.2. The number of carbonyl (C=O) groups excluding carboxylic acids is 1. The van der Waals surface area contributed by atoms with Gasteiger partial charge in [0.15, 0.2) is 5.76 Å². The quantitative estimate of drug-likeness (QED) is 0.636. The largest absolute Gasteiger partial charge is 0.459 e. The number of hydrogen-bond donors (Lipinski definition) is 0. The highest BCUT2D eigenvalue weighted by molar-refractivity contribution is 6.33. The van der Waals surface area contributed by atoms with E-state index in [0.717, 1.165) is 5.69 Å². The first-order valence-electron chi connectivity index (χ1n) is 7.08.